The molecule has 6 heteroatoms. The van der Waals surface area contributed by atoms with E-state index in [2.05, 4.69) is 0 Å². The van der Waals surface area contributed by atoms with Gasteiger partial charge in [0.05, 0.1) is 12.9 Å². The molecule has 1 nitrogen and oxygen atoms in total. The van der Waals surface area contributed by atoms with Crippen LogP contribution in [0.2, 0.25) is 0 Å². The van der Waals surface area contributed by atoms with Crippen molar-refractivity contribution in [1.29, 1.82) is 0 Å². The van der Waals surface area contributed by atoms with Gasteiger partial charge in [-0.1, -0.05) is 17.6 Å². The van der Waals surface area contributed by atoms with E-state index < -0.39 is 12.4 Å². The average molecular weight is 254 g/mol. The van der Waals surface area contributed by atoms with Gasteiger partial charge < -0.3 is 17.7 Å². The smallest absolute Gasteiger partial charge is 0.500 e. The summed E-state index contributed by atoms with van der Waals surface area (Å²) in [5, 5.41) is 0. The molecule has 1 aromatic carbocycles. The van der Waals surface area contributed by atoms with Crippen LogP contribution in [0.4, 0.5) is 12.9 Å². The maximum Gasteiger partial charge on any atom is 1.00 e. The second kappa shape index (κ2) is 5.44. The van der Waals surface area contributed by atoms with Gasteiger partial charge in [0.1, 0.15) is 0 Å². The van der Waals surface area contributed by atoms with E-state index in [0.29, 0.717) is 5.92 Å². The van der Waals surface area contributed by atoms with Crippen molar-refractivity contribution in [3.8, 4) is 5.75 Å². The number of halogens is 3. The van der Waals surface area contributed by atoms with Gasteiger partial charge in [0.2, 0.25) is 0 Å². The molecule has 1 aliphatic rings. The van der Waals surface area contributed by atoms with Crippen LogP contribution in [-0.4, -0.2) is 14.1 Å². The topological polar surface area (TPSA) is 9.23 Å². The van der Waals surface area contributed by atoms with Gasteiger partial charge in [-0.15, -0.1) is 0 Å². The first kappa shape index (κ1) is 14.6. The van der Waals surface area contributed by atoms with Crippen molar-refractivity contribution in [2.45, 2.75) is 18.8 Å². The Labute approximate surface area is 135 Å². The van der Waals surface area contributed by atoms with E-state index in [1.165, 1.54) is 13.2 Å². The number of rotatable bonds is 3. The number of benzene rings is 1. The van der Waals surface area contributed by atoms with Crippen LogP contribution >= 0.6 is 0 Å². The molecule has 0 amide bonds. The summed E-state index contributed by atoms with van der Waals surface area (Å²) in [6, 6.07) is 4.21. The Balaban J connectivity index is 0.00000128. The second-order valence-corrected chi connectivity index (χ2v) is 3.85. The number of ether oxygens (including phenoxy) is 1. The third-order valence-electron chi connectivity index (χ3n) is 2.66. The van der Waals surface area contributed by atoms with Gasteiger partial charge in [-0.05, 0) is 30.4 Å². The fourth-order valence-electron chi connectivity index (χ4n) is 1.67. The molecule has 1 aliphatic carbocycles. The first-order chi connectivity index (χ1) is 7.02. The summed E-state index contributed by atoms with van der Waals surface area (Å²) >= 11 is 0. The van der Waals surface area contributed by atoms with Crippen molar-refractivity contribution in [3.05, 3.63) is 23.8 Å². The monoisotopic (exact) mass is 254 g/mol. The summed E-state index contributed by atoms with van der Waals surface area (Å²) < 4.78 is 42.5. The summed E-state index contributed by atoms with van der Waals surface area (Å²) in [5.41, 5.74) is 0.317. The maximum absolute atomic E-state index is 12.6. The van der Waals surface area contributed by atoms with Crippen LogP contribution < -0.4 is 61.6 Å². The molecular weight excluding hydrogens is 243 g/mol. The van der Waals surface area contributed by atoms with Crippen molar-refractivity contribution in [2.75, 3.05) is 7.11 Å². The quantitative estimate of drug-likeness (QED) is 0.669. The Morgan fingerprint density at radius 2 is 1.88 bits per heavy atom. The molecule has 1 saturated carbocycles. The predicted octanol–water partition coefficient (Wildman–Crippen LogP) is -0.369. The summed E-state index contributed by atoms with van der Waals surface area (Å²) in [4.78, 5) is 0. The molecule has 0 saturated heterocycles. The molecule has 16 heavy (non-hydrogen) atoms. The minimum atomic E-state index is -4.98. The van der Waals surface area contributed by atoms with E-state index in [-0.39, 0.29) is 57.1 Å². The largest absolute Gasteiger partial charge is 1.00 e. The van der Waals surface area contributed by atoms with E-state index in [4.69, 9.17) is 4.74 Å². The van der Waals surface area contributed by atoms with E-state index >= 15 is 0 Å². The van der Waals surface area contributed by atoms with Crippen molar-refractivity contribution in [3.63, 3.8) is 0 Å². The molecule has 82 valence electrons. The van der Waals surface area contributed by atoms with Gasteiger partial charge in [-0.2, -0.15) is 0 Å². The zero-order valence-electron chi connectivity index (χ0n) is 9.34. The van der Waals surface area contributed by atoms with E-state index in [1.807, 2.05) is 0 Å². The van der Waals surface area contributed by atoms with Crippen molar-refractivity contribution in [1.82, 2.24) is 0 Å². The minimum Gasteiger partial charge on any atom is -0.500 e. The molecule has 1 aromatic rings. The van der Waals surface area contributed by atoms with Crippen molar-refractivity contribution in [2.24, 2.45) is 0 Å². The molecule has 0 aliphatic heterocycles. The Kier molecular flexibility index (Phi) is 4.95. The van der Waals surface area contributed by atoms with Gasteiger partial charge in [0.15, 0.2) is 0 Å². The van der Waals surface area contributed by atoms with Crippen LogP contribution in [0.1, 0.15) is 24.3 Å². The van der Waals surface area contributed by atoms with Gasteiger partial charge in [0, 0.05) is 0 Å². The first-order valence-electron chi connectivity index (χ1n) is 4.90. The zero-order chi connectivity index (χ0) is 11.1. The van der Waals surface area contributed by atoms with Crippen molar-refractivity contribution < 1.29 is 69.1 Å². The fraction of sp³-hybridized carbons (Fsp3) is 0.400. The number of methoxy groups -OCH3 is 1. The molecule has 0 spiro atoms. The zero-order valence-corrected chi connectivity index (χ0v) is 12.5. The summed E-state index contributed by atoms with van der Waals surface area (Å²) in [5.74, 6) is 0.389. The molecule has 0 N–H and O–H groups in total. The van der Waals surface area contributed by atoms with Crippen LogP contribution in [0, 0.1) is 0 Å². The molecule has 0 aromatic heterocycles. The SMILES string of the molecule is COc1cc(C2CC2)ccc1[B-](F)(F)F.[K+]. The fourth-order valence-corrected chi connectivity index (χ4v) is 1.67. The van der Waals surface area contributed by atoms with Gasteiger partial charge in [0.25, 0.3) is 0 Å². The molecule has 0 unspecified atom stereocenters. The summed E-state index contributed by atoms with van der Waals surface area (Å²) in [6.45, 7) is -4.98. The summed E-state index contributed by atoms with van der Waals surface area (Å²) in [6.07, 6.45) is 2.14. The Bertz CT molecular complexity index is 377. The predicted molar refractivity (Wildman–Crippen MR) is 53.7 cm³/mol. The van der Waals surface area contributed by atoms with Crippen LogP contribution in [0.25, 0.3) is 0 Å². The third-order valence-corrected chi connectivity index (χ3v) is 2.66. The van der Waals surface area contributed by atoms with Gasteiger partial charge in [-0.3, -0.25) is 0 Å². The average Bonchev–Trinajstić information content (AvgIpc) is 2.98. The van der Waals surface area contributed by atoms with E-state index in [9.17, 15) is 12.9 Å². The molecule has 2 rings (SSSR count). The minimum absolute atomic E-state index is 0. The molecule has 0 bridgehead atoms. The number of hydrogen-bond acceptors (Lipinski definition) is 1. The van der Waals surface area contributed by atoms with Crippen LogP contribution in [0.3, 0.4) is 0 Å². The van der Waals surface area contributed by atoms with E-state index in [0.717, 1.165) is 24.5 Å². The Hall–Kier alpha value is 0.511. The summed E-state index contributed by atoms with van der Waals surface area (Å²) in [7, 11) is 1.28. The molecule has 0 heterocycles. The van der Waals surface area contributed by atoms with Crippen molar-refractivity contribution >= 4 is 12.4 Å². The van der Waals surface area contributed by atoms with E-state index in [1.54, 1.807) is 6.07 Å². The third kappa shape index (κ3) is 3.26. The number of hydrogen-bond donors (Lipinski definition) is 0. The second-order valence-electron chi connectivity index (χ2n) is 3.85. The molecular formula is C10H11BF3KO. The molecule has 1 fully saturated rings. The Morgan fingerprint density at radius 3 is 2.31 bits per heavy atom. The maximum atomic E-state index is 12.6. The Morgan fingerprint density at radius 1 is 1.25 bits per heavy atom. The van der Waals surface area contributed by atoms with Gasteiger partial charge >= 0.3 is 58.4 Å². The standard InChI is InChI=1S/C10H11BF3O.K/c1-15-10-6-8(7-2-3-7)4-5-9(10)11(12,13)14;/h4-7H,2-3H2,1H3;/q-1;+1. The normalized spacial score (nSPS) is 15.5. The first-order valence-corrected chi connectivity index (χ1v) is 4.90. The van der Waals surface area contributed by atoms with Crippen LogP contribution in [0.5, 0.6) is 5.75 Å². The van der Waals surface area contributed by atoms with Crippen LogP contribution in [0.15, 0.2) is 18.2 Å². The molecule has 0 atom stereocenters. The molecule has 0 radical (unpaired) electrons. The van der Waals surface area contributed by atoms with Gasteiger partial charge in [-0.25, -0.2) is 0 Å². The van der Waals surface area contributed by atoms with Crippen LogP contribution in [-0.2, 0) is 0 Å².